The number of alkyl halides is 2. The molecule has 0 radical (unpaired) electrons. The number of aryl methyl sites for hydroxylation is 1. The molecule has 2 aliphatic rings. The Morgan fingerprint density at radius 3 is 2.61 bits per heavy atom. The van der Waals surface area contributed by atoms with Gasteiger partial charge in [-0.2, -0.15) is 15.1 Å². The fourth-order valence-electron chi connectivity index (χ4n) is 4.45. The molecule has 0 unspecified atom stereocenters. The maximum atomic E-state index is 13.4. The van der Waals surface area contributed by atoms with Crippen LogP contribution < -0.4 is 10.5 Å². The van der Waals surface area contributed by atoms with E-state index >= 15 is 0 Å². The lowest BCUT2D eigenvalue weighted by Crippen LogP contribution is -2.43. The summed E-state index contributed by atoms with van der Waals surface area (Å²) in [7, 11) is -2.46. The summed E-state index contributed by atoms with van der Waals surface area (Å²) in [6.07, 6.45) is 0.285. The van der Waals surface area contributed by atoms with Crippen molar-refractivity contribution in [3.8, 4) is 16.8 Å². The van der Waals surface area contributed by atoms with Crippen LogP contribution in [0.3, 0.4) is 0 Å². The lowest BCUT2D eigenvalue weighted by molar-refractivity contribution is -0.131. The number of nitriles is 1. The monoisotopic (exact) mass is 562 g/mol. The first-order valence-corrected chi connectivity index (χ1v) is 14.1. The fourth-order valence-corrected chi connectivity index (χ4v) is 6.57. The van der Waals surface area contributed by atoms with Crippen molar-refractivity contribution in [2.45, 2.75) is 49.1 Å². The van der Waals surface area contributed by atoms with Crippen molar-refractivity contribution in [1.82, 2.24) is 29.6 Å². The van der Waals surface area contributed by atoms with Crippen molar-refractivity contribution in [2.75, 3.05) is 13.1 Å². The molecule has 15 heteroatoms. The molecule has 1 saturated carbocycles. The van der Waals surface area contributed by atoms with E-state index in [0.717, 1.165) is 5.57 Å². The number of sulfonamides is 1. The number of aromatic nitrogens is 4. The molecule has 200 valence electrons. The fraction of sp³-hybridized carbons (Fsp3) is 0.435. The van der Waals surface area contributed by atoms with Crippen molar-refractivity contribution in [1.29, 1.82) is 5.26 Å². The average Bonchev–Trinajstić information content (AvgIpc) is 3.31. The van der Waals surface area contributed by atoms with E-state index in [2.05, 4.69) is 20.0 Å². The van der Waals surface area contributed by atoms with Crippen LogP contribution >= 0.6 is 11.3 Å². The first kappa shape index (κ1) is 26.3. The van der Waals surface area contributed by atoms with Gasteiger partial charge in [0.15, 0.2) is 10.0 Å². The molecule has 3 heterocycles. The Hall–Kier alpha value is -3.32. The minimum atomic E-state index is -4.12. The number of nitrogens with two attached hydrogens (primary N) is 1. The number of carbonyl (C=O) groups is 1. The molecule has 1 aliphatic carbocycles. The SMILES string of the molecule is C[C@H](N)C(=O)N1CC=C(c2cc(S(=O)(=O)NC3(C#N)CC3)cc3c(-c4nnc(C(F)F)s4)nn(C)c23)CC1. The summed E-state index contributed by atoms with van der Waals surface area (Å²) in [5.74, 6) is -0.189. The van der Waals surface area contributed by atoms with Crippen molar-refractivity contribution in [2.24, 2.45) is 12.8 Å². The van der Waals surface area contributed by atoms with Gasteiger partial charge >= 0.3 is 0 Å². The third-order valence-corrected chi connectivity index (χ3v) is 9.06. The lowest BCUT2D eigenvalue weighted by atomic mass is 9.96. The molecule has 0 bridgehead atoms. The smallest absolute Gasteiger partial charge is 0.291 e. The predicted octanol–water partition coefficient (Wildman–Crippen LogP) is 2.33. The van der Waals surface area contributed by atoms with Gasteiger partial charge in [-0.3, -0.25) is 9.48 Å². The van der Waals surface area contributed by atoms with Crippen LogP contribution in [0.2, 0.25) is 0 Å². The second-order valence-corrected chi connectivity index (χ2v) is 12.1. The van der Waals surface area contributed by atoms with E-state index in [1.165, 1.54) is 12.1 Å². The molecule has 3 aromatic rings. The molecular weight excluding hydrogens is 538 g/mol. The Labute approximate surface area is 221 Å². The van der Waals surface area contributed by atoms with Gasteiger partial charge in [0.05, 0.1) is 22.5 Å². The highest BCUT2D eigenvalue weighted by Gasteiger charge is 2.47. The van der Waals surface area contributed by atoms with Crippen molar-refractivity contribution in [3.63, 3.8) is 0 Å². The number of nitrogens with zero attached hydrogens (tertiary/aromatic N) is 6. The molecule has 1 fully saturated rings. The summed E-state index contributed by atoms with van der Waals surface area (Å²) in [6, 6.07) is 4.31. The zero-order valence-corrected chi connectivity index (χ0v) is 22.1. The van der Waals surface area contributed by atoms with E-state index in [9.17, 15) is 27.3 Å². The summed E-state index contributed by atoms with van der Waals surface area (Å²) in [5, 5.41) is 21.4. The molecule has 38 heavy (non-hydrogen) atoms. The highest BCUT2D eigenvalue weighted by Crippen LogP contribution is 2.40. The molecule has 3 N–H and O–H groups in total. The summed E-state index contributed by atoms with van der Waals surface area (Å²) < 4.78 is 57.2. The molecule has 2 aromatic heterocycles. The van der Waals surface area contributed by atoms with E-state index in [1.54, 1.807) is 23.6 Å². The molecule has 1 amide bonds. The van der Waals surface area contributed by atoms with E-state index in [-0.39, 0.29) is 21.5 Å². The van der Waals surface area contributed by atoms with Gasteiger partial charge in [-0.15, -0.1) is 10.2 Å². The number of hydrogen-bond donors (Lipinski definition) is 2. The van der Waals surface area contributed by atoms with Gasteiger partial charge in [-0.1, -0.05) is 17.4 Å². The molecule has 5 rings (SSSR count). The summed E-state index contributed by atoms with van der Waals surface area (Å²) in [5.41, 5.74) is 6.76. The zero-order chi connectivity index (χ0) is 27.4. The number of hydrogen-bond acceptors (Lipinski definition) is 9. The second-order valence-electron chi connectivity index (χ2n) is 9.44. The lowest BCUT2D eigenvalue weighted by Gasteiger charge is -2.28. The molecule has 0 spiro atoms. The second kappa shape index (κ2) is 9.45. The molecule has 0 saturated heterocycles. The summed E-state index contributed by atoms with van der Waals surface area (Å²) >= 11 is 0.680. The minimum Gasteiger partial charge on any atom is -0.337 e. The number of rotatable bonds is 7. The van der Waals surface area contributed by atoms with Gasteiger partial charge in [-0.05, 0) is 43.9 Å². The Morgan fingerprint density at radius 1 is 1.32 bits per heavy atom. The number of nitrogens with one attached hydrogen (secondary N) is 1. The van der Waals surface area contributed by atoms with Crippen LogP contribution in [0.1, 0.15) is 43.2 Å². The maximum Gasteiger partial charge on any atom is 0.291 e. The third-order valence-electron chi connectivity index (χ3n) is 6.60. The average molecular weight is 563 g/mol. The Morgan fingerprint density at radius 2 is 2.05 bits per heavy atom. The van der Waals surface area contributed by atoms with Crippen LogP contribution in [0.5, 0.6) is 0 Å². The quantitative estimate of drug-likeness (QED) is 0.444. The van der Waals surface area contributed by atoms with E-state index < -0.39 is 33.0 Å². The van der Waals surface area contributed by atoms with Gasteiger partial charge < -0.3 is 10.6 Å². The Kier molecular flexibility index (Phi) is 6.54. The zero-order valence-electron chi connectivity index (χ0n) is 20.5. The van der Waals surface area contributed by atoms with Gasteiger partial charge in [0.25, 0.3) is 6.43 Å². The first-order valence-electron chi connectivity index (χ1n) is 11.8. The highest BCUT2D eigenvalue weighted by molar-refractivity contribution is 7.89. The summed E-state index contributed by atoms with van der Waals surface area (Å²) in [6.45, 7) is 2.30. The van der Waals surface area contributed by atoms with E-state index in [0.29, 0.717) is 60.2 Å². The van der Waals surface area contributed by atoms with Crippen LogP contribution in [0, 0.1) is 11.3 Å². The minimum absolute atomic E-state index is 0.0932. The van der Waals surface area contributed by atoms with Crippen LogP contribution in [0.4, 0.5) is 8.78 Å². The van der Waals surface area contributed by atoms with E-state index in [4.69, 9.17) is 5.73 Å². The summed E-state index contributed by atoms with van der Waals surface area (Å²) in [4.78, 5) is 13.9. The van der Waals surface area contributed by atoms with Gasteiger partial charge in [0, 0.05) is 31.1 Å². The number of amides is 1. The maximum absolute atomic E-state index is 13.4. The largest absolute Gasteiger partial charge is 0.337 e. The Balaban J connectivity index is 1.67. The van der Waals surface area contributed by atoms with Crippen LogP contribution in [-0.4, -0.2) is 63.9 Å². The number of benzene rings is 1. The topological polar surface area (TPSA) is 160 Å². The van der Waals surface area contributed by atoms with Crippen molar-refractivity contribution < 1.29 is 22.0 Å². The van der Waals surface area contributed by atoms with Gasteiger partial charge in [0.1, 0.15) is 11.2 Å². The third kappa shape index (κ3) is 4.68. The van der Waals surface area contributed by atoms with Gasteiger partial charge in [-0.25, -0.2) is 17.2 Å². The highest BCUT2D eigenvalue weighted by atomic mass is 32.2. The van der Waals surface area contributed by atoms with Crippen LogP contribution in [0.15, 0.2) is 23.1 Å². The standard InChI is InChI=1S/C23H24F2N8O3S2/c1-12(27)22(34)33-7-3-13(4-8-33)15-9-14(38(35,36)31-23(11-26)5-6-23)10-16-17(30-32(2)18(15)16)20-28-29-21(37-20)19(24)25/h3,9-10,12,19,31H,4-8,27H2,1-2H3/t12-/m0/s1. The predicted molar refractivity (Wildman–Crippen MR) is 135 cm³/mol. The number of halogens is 2. The number of carbonyl (C=O) groups excluding carboxylic acids is 1. The van der Waals surface area contributed by atoms with Crippen molar-refractivity contribution in [3.05, 3.63) is 28.8 Å². The normalized spacial score (nSPS) is 17.9. The van der Waals surface area contributed by atoms with E-state index in [1.807, 2.05) is 12.1 Å². The van der Waals surface area contributed by atoms with Crippen LogP contribution in [0.25, 0.3) is 27.2 Å². The van der Waals surface area contributed by atoms with Gasteiger partial charge in [0.2, 0.25) is 15.9 Å². The molecule has 1 aromatic carbocycles. The Bertz CT molecular complexity index is 1620. The molecular formula is C23H24F2N8O3S2. The molecule has 1 atom stereocenters. The van der Waals surface area contributed by atoms with Crippen molar-refractivity contribution >= 4 is 43.7 Å². The van der Waals surface area contributed by atoms with Crippen LogP contribution in [-0.2, 0) is 21.9 Å². The first-order chi connectivity index (χ1) is 17.9. The number of fused-ring (bicyclic) bond motifs is 1. The molecule has 11 nitrogen and oxygen atoms in total. The molecule has 1 aliphatic heterocycles.